The van der Waals surface area contributed by atoms with E-state index in [1.165, 1.54) is 5.56 Å². The minimum Gasteiger partial charge on any atom is -0.497 e. The molecule has 0 spiro atoms. The van der Waals surface area contributed by atoms with Gasteiger partial charge in [-0.3, -0.25) is 9.13 Å². The highest BCUT2D eigenvalue weighted by Gasteiger charge is 2.09. The molecule has 2 aromatic carbocycles. The van der Waals surface area contributed by atoms with Gasteiger partial charge in [0.05, 0.1) is 18.5 Å². The third-order valence-electron chi connectivity index (χ3n) is 4.79. The Labute approximate surface area is 159 Å². The Morgan fingerprint density at radius 1 is 0.889 bits per heavy atom. The molecule has 140 valence electrons. The fourth-order valence-corrected chi connectivity index (χ4v) is 3.35. The summed E-state index contributed by atoms with van der Waals surface area (Å²) in [5.41, 5.74) is 6.55. The lowest BCUT2D eigenvalue weighted by molar-refractivity contribution is 0.415. The Balaban J connectivity index is 2.26. The molecule has 0 N–H and O–H groups in total. The highest BCUT2D eigenvalue weighted by molar-refractivity contribution is 5.60. The number of rotatable bonds is 3. The van der Waals surface area contributed by atoms with E-state index < -0.39 is 0 Å². The summed E-state index contributed by atoms with van der Waals surface area (Å²) in [5, 5.41) is 0. The van der Waals surface area contributed by atoms with E-state index in [2.05, 4.69) is 19.1 Å². The van der Waals surface area contributed by atoms with Crippen LogP contribution in [0.15, 0.2) is 52.3 Å². The first-order chi connectivity index (χ1) is 12.8. The van der Waals surface area contributed by atoms with Crippen molar-refractivity contribution >= 4 is 5.69 Å². The van der Waals surface area contributed by atoms with Crippen molar-refractivity contribution in [1.82, 2.24) is 9.13 Å². The van der Waals surface area contributed by atoms with Crippen molar-refractivity contribution < 1.29 is 4.74 Å². The molecule has 3 aromatic rings. The molecule has 0 unspecified atom stereocenters. The summed E-state index contributed by atoms with van der Waals surface area (Å²) in [7, 11) is 5.16. The van der Waals surface area contributed by atoms with Crippen LogP contribution in [0, 0.1) is 20.8 Å². The molecule has 5 heteroatoms. The van der Waals surface area contributed by atoms with Crippen molar-refractivity contribution in [3.05, 3.63) is 75.1 Å². The van der Waals surface area contributed by atoms with E-state index in [1.807, 2.05) is 44.2 Å². The lowest BCUT2D eigenvalue weighted by atomic mass is 10.1. The molecule has 0 amide bonds. The van der Waals surface area contributed by atoms with E-state index in [4.69, 9.17) is 9.73 Å². The van der Waals surface area contributed by atoms with E-state index in [9.17, 15) is 4.79 Å². The van der Waals surface area contributed by atoms with Gasteiger partial charge in [0.1, 0.15) is 11.2 Å². The second-order valence-electron chi connectivity index (χ2n) is 6.88. The van der Waals surface area contributed by atoms with E-state index in [0.29, 0.717) is 5.49 Å². The first kappa shape index (κ1) is 18.7. The van der Waals surface area contributed by atoms with Gasteiger partial charge in [-0.05, 0) is 61.7 Å². The summed E-state index contributed by atoms with van der Waals surface area (Å²) in [4.78, 5) is 17.6. The quantitative estimate of drug-likeness (QED) is 0.714. The largest absolute Gasteiger partial charge is 0.497 e. The lowest BCUT2D eigenvalue weighted by Gasteiger charge is -2.12. The van der Waals surface area contributed by atoms with Gasteiger partial charge in [-0.2, -0.15) is 0 Å². The monoisotopic (exact) mass is 363 g/mol. The smallest absolute Gasteiger partial charge is 0.329 e. The highest BCUT2D eigenvalue weighted by Crippen LogP contribution is 2.25. The lowest BCUT2D eigenvalue weighted by Crippen LogP contribution is -2.37. The third-order valence-corrected chi connectivity index (χ3v) is 4.79. The Bertz CT molecular complexity index is 1100. The molecule has 3 rings (SSSR count). The van der Waals surface area contributed by atoms with Gasteiger partial charge in [-0.25, -0.2) is 9.79 Å². The predicted molar refractivity (Wildman–Crippen MR) is 109 cm³/mol. The molecule has 0 bridgehead atoms. The van der Waals surface area contributed by atoms with E-state index >= 15 is 0 Å². The van der Waals surface area contributed by atoms with E-state index in [0.717, 1.165) is 33.8 Å². The van der Waals surface area contributed by atoms with Crippen LogP contribution in [-0.2, 0) is 14.1 Å². The topological polar surface area (TPSA) is 48.5 Å². The van der Waals surface area contributed by atoms with Crippen molar-refractivity contribution in [1.29, 1.82) is 0 Å². The van der Waals surface area contributed by atoms with Crippen LogP contribution >= 0.6 is 0 Å². The van der Waals surface area contributed by atoms with Crippen LogP contribution in [0.2, 0.25) is 0 Å². The maximum atomic E-state index is 12.8. The molecule has 27 heavy (non-hydrogen) atoms. The van der Waals surface area contributed by atoms with E-state index in [1.54, 1.807) is 30.3 Å². The number of ether oxygens (including phenoxy) is 1. The highest BCUT2D eigenvalue weighted by atomic mass is 16.5. The summed E-state index contributed by atoms with van der Waals surface area (Å²) < 4.78 is 8.44. The minimum absolute atomic E-state index is 0.121. The average Bonchev–Trinajstić information content (AvgIpc) is 2.64. The van der Waals surface area contributed by atoms with Crippen LogP contribution in [0.25, 0.3) is 11.3 Å². The molecule has 0 fully saturated rings. The van der Waals surface area contributed by atoms with Crippen LogP contribution in [0.3, 0.4) is 0 Å². The second-order valence-corrected chi connectivity index (χ2v) is 6.88. The van der Waals surface area contributed by atoms with Crippen LogP contribution < -0.4 is 15.9 Å². The van der Waals surface area contributed by atoms with Gasteiger partial charge in [-0.15, -0.1) is 0 Å². The molecule has 0 saturated carbocycles. The van der Waals surface area contributed by atoms with Crippen LogP contribution in [0.4, 0.5) is 5.69 Å². The Kier molecular flexibility index (Phi) is 5.04. The predicted octanol–water partition coefficient (Wildman–Crippen LogP) is 3.56. The molecule has 0 aliphatic carbocycles. The molecule has 0 aliphatic rings. The van der Waals surface area contributed by atoms with Gasteiger partial charge in [0.2, 0.25) is 0 Å². The van der Waals surface area contributed by atoms with Gasteiger partial charge in [0.15, 0.2) is 0 Å². The molecule has 5 nitrogen and oxygen atoms in total. The standard InChI is InChI=1S/C22H25N3O2/c1-14-11-15(2)21(16(3)12-14)23-20-13-19(24(4)22(26)25(20)5)17-7-9-18(27-6)10-8-17/h7-13H,1-6H3/b23-20-. The molecule has 0 radical (unpaired) electrons. The van der Waals surface area contributed by atoms with Crippen molar-refractivity contribution in [2.24, 2.45) is 19.1 Å². The molecule has 1 aromatic heterocycles. The summed E-state index contributed by atoms with van der Waals surface area (Å²) in [6.45, 7) is 6.17. The summed E-state index contributed by atoms with van der Waals surface area (Å²) in [6, 6.07) is 13.8. The van der Waals surface area contributed by atoms with E-state index in [-0.39, 0.29) is 5.69 Å². The number of benzene rings is 2. The zero-order valence-electron chi connectivity index (χ0n) is 16.7. The minimum atomic E-state index is -0.121. The Morgan fingerprint density at radius 2 is 1.48 bits per heavy atom. The maximum Gasteiger partial charge on any atom is 0.329 e. The van der Waals surface area contributed by atoms with Gasteiger partial charge < -0.3 is 4.74 Å². The van der Waals surface area contributed by atoms with Gasteiger partial charge >= 0.3 is 5.69 Å². The number of aryl methyl sites for hydroxylation is 3. The van der Waals surface area contributed by atoms with Gasteiger partial charge in [-0.1, -0.05) is 17.7 Å². The zero-order chi connectivity index (χ0) is 19.7. The van der Waals surface area contributed by atoms with Crippen molar-refractivity contribution in [3.8, 4) is 17.0 Å². The summed E-state index contributed by atoms with van der Waals surface area (Å²) in [6.07, 6.45) is 0. The number of hydrogen-bond acceptors (Lipinski definition) is 3. The molecule has 0 atom stereocenters. The van der Waals surface area contributed by atoms with Crippen LogP contribution in [0.5, 0.6) is 5.75 Å². The van der Waals surface area contributed by atoms with Crippen LogP contribution in [0.1, 0.15) is 16.7 Å². The normalized spacial score (nSPS) is 11.7. The van der Waals surface area contributed by atoms with Gasteiger partial charge in [0.25, 0.3) is 0 Å². The van der Waals surface area contributed by atoms with Crippen molar-refractivity contribution in [2.45, 2.75) is 20.8 Å². The number of methoxy groups -OCH3 is 1. The number of aromatic nitrogens is 2. The first-order valence-electron chi connectivity index (χ1n) is 8.86. The average molecular weight is 363 g/mol. The van der Waals surface area contributed by atoms with Gasteiger partial charge in [0, 0.05) is 20.2 Å². The summed E-state index contributed by atoms with van der Waals surface area (Å²) in [5.74, 6) is 0.779. The van der Waals surface area contributed by atoms with Crippen molar-refractivity contribution in [2.75, 3.05) is 7.11 Å². The summed E-state index contributed by atoms with van der Waals surface area (Å²) >= 11 is 0. The third kappa shape index (κ3) is 3.58. The Morgan fingerprint density at radius 3 is 2.04 bits per heavy atom. The molecule has 0 saturated heterocycles. The number of hydrogen-bond donors (Lipinski definition) is 0. The number of nitrogens with zero attached hydrogens (tertiary/aromatic N) is 3. The maximum absolute atomic E-state index is 12.8. The zero-order valence-corrected chi connectivity index (χ0v) is 16.7. The van der Waals surface area contributed by atoms with Crippen molar-refractivity contribution in [3.63, 3.8) is 0 Å². The molecule has 0 aliphatic heterocycles. The SMILES string of the molecule is COc1ccc(-c2c/c(=N/c3c(C)cc(C)cc3C)n(C)c(=O)n2C)cc1. The first-order valence-corrected chi connectivity index (χ1v) is 8.86. The molecular weight excluding hydrogens is 338 g/mol. The molecule has 1 heterocycles. The Hall–Kier alpha value is -3.08. The fourth-order valence-electron chi connectivity index (χ4n) is 3.35. The second kappa shape index (κ2) is 7.27. The fraction of sp³-hybridized carbons (Fsp3) is 0.273. The van der Waals surface area contributed by atoms with Crippen LogP contribution in [-0.4, -0.2) is 16.2 Å². The molecular formula is C22H25N3O2.